The molecule has 0 spiro atoms. The van der Waals surface area contributed by atoms with Gasteiger partial charge in [-0.25, -0.2) is 4.39 Å². The lowest BCUT2D eigenvalue weighted by molar-refractivity contribution is -0.115. The van der Waals surface area contributed by atoms with E-state index in [1.54, 1.807) is 6.92 Å². The second-order valence-electron chi connectivity index (χ2n) is 5.30. The number of rotatable bonds is 6. The second kappa shape index (κ2) is 8.49. The van der Waals surface area contributed by atoms with Gasteiger partial charge in [0, 0.05) is 18.4 Å². The SMILES string of the molecule is CC(=O)Nc1ccc(F)c(NC(=O)[C@H](C)SCc2ccccc2)c1. The predicted octanol–water partition coefficient (Wildman–Crippen LogP) is 4.04. The number of amides is 2. The van der Waals surface area contributed by atoms with Crippen LogP contribution in [0.1, 0.15) is 19.4 Å². The van der Waals surface area contributed by atoms with E-state index in [0.717, 1.165) is 5.56 Å². The number of carbonyl (C=O) groups excluding carboxylic acids is 2. The molecular formula is C18H19FN2O2S. The molecule has 0 heterocycles. The smallest absolute Gasteiger partial charge is 0.237 e. The van der Waals surface area contributed by atoms with Gasteiger partial charge in [-0.1, -0.05) is 30.3 Å². The minimum Gasteiger partial charge on any atom is -0.326 e. The predicted molar refractivity (Wildman–Crippen MR) is 96.5 cm³/mol. The lowest BCUT2D eigenvalue weighted by Gasteiger charge is -2.13. The number of halogens is 1. The van der Waals surface area contributed by atoms with Crippen LogP contribution in [-0.2, 0) is 15.3 Å². The van der Waals surface area contributed by atoms with Crippen LogP contribution < -0.4 is 10.6 Å². The average Bonchev–Trinajstić information content (AvgIpc) is 2.56. The van der Waals surface area contributed by atoms with Gasteiger partial charge in [0.25, 0.3) is 0 Å². The number of anilines is 2. The molecule has 0 aliphatic carbocycles. The zero-order valence-corrected chi connectivity index (χ0v) is 14.3. The first-order valence-corrected chi connectivity index (χ1v) is 8.54. The van der Waals surface area contributed by atoms with Gasteiger partial charge < -0.3 is 10.6 Å². The number of nitrogens with one attached hydrogen (secondary N) is 2. The standard InChI is InChI=1S/C18H19FN2O2S/c1-12(24-11-14-6-4-3-5-7-14)18(23)21-17-10-15(20-13(2)22)8-9-16(17)19/h3-10,12H,11H2,1-2H3,(H,20,22)(H,21,23)/t12-/m0/s1. The molecule has 0 aliphatic heterocycles. The summed E-state index contributed by atoms with van der Waals surface area (Å²) in [6, 6.07) is 13.9. The molecule has 126 valence electrons. The quantitative estimate of drug-likeness (QED) is 0.830. The average molecular weight is 346 g/mol. The van der Waals surface area contributed by atoms with E-state index >= 15 is 0 Å². The van der Waals surface area contributed by atoms with Crippen LogP contribution in [0, 0.1) is 5.82 Å². The van der Waals surface area contributed by atoms with Gasteiger partial charge in [-0.15, -0.1) is 11.8 Å². The molecule has 2 amide bonds. The summed E-state index contributed by atoms with van der Waals surface area (Å²) in [5.41, 5.74) is 1.61. The van der Waals surface area contributed by atoms with Crippen molar-refractivity contribution in [1.29, 1.82) is 0 Å². The minimum atomic E-state index is -0.544. The highest BCUT2D eigenvalue weighted by atomic mass is 32.2. The Morgan fingerprint density at radius 3 is 2.50 bits per heavy atom. The van der Waals surface area contributed by atoms with Crippen molar-refractivity contribution >= 4 is 35.0 Å². The molecule has 6 heteroatoms. The van der Waals surface area contributed by atoms with Crippen LogP contribution in [0.3, 0.4) is 0 Å². The molecule has 0 aliphatic rings. The van der Waals surface area contributed by atoms with E-state index in [1.807, 2.05) is 30.3 Å². The maximum Gasteiger partial charge on any atom is 0.237 e. The number of benzene rings is 2. The Labute approximate surface area is 144 Å². The third-order valence-electron chi connectivity index (χ3n) is 3.26. The van der Waals surface area contributed by atoms with Crippen molar-refractivity contribution in [2.24, 2.45) is 0 Å². The second-order valence-corrected chi connectivity index (χ2v) is 6.63. The molecule has 0 unspecified atom stereocenters. The molecule has 2 aromatic carbocycles. The molecule has 0 bridgehead atoms. The Balaban J connectivity index is 1.96. The van der Waals surface area contributed by atoms with Crippen LogP contribution in [0.25, 0.3) is 0 Å². The number of thioether (sulfide) groups is 1. The first-order valence-electron chi connectivity index (χ1n) is 7.49. The largest absolute Gasteiger partial charge is 0.326 e. The molecule has 4 nitrogen and oxygen atoms in total. The molecule has 2 rings (SSSR count). The fraction of sp³-hybridized carbons (Fsp3) is 0.222. The van der Waals surface area contributed by atoms with E-state index in [2.05, 4.69) is 10.6 Å². The van der Waals surface area contributed by atoms with E-state index in [0.29, 0.717) is 11.4 Å². The fourth-order valence-corrected chi connectivity index (χ4v) is 2.85. The van der Waals surface area contributed by atoms with Gasteiger partial charge in [-0.3, -0.25) is 9.59 Å². The Kier molecular flexibility index (Phi) is 6.37. The van der Waals surface area contributed by atoms with Crippen molar-refractivity contribution in [1.82, 2.24) is 0 Å². The van der Waals surface area contributed by atoms with Gasteiger partial charge in [0.1, 0.15) is 5.82 Å². The summed E-state index contributed by atoms with van der Waals surface area (Å²) in [7, 11) is 0. The summed E-state index contributed by atoms with van der Waals surface area (Å²) in [4.78, 5) is 23.3. The summed E-state index contributed by atoms with van der Waals surface area (Å²) in [6.45, 7) is 3.14. The van der Waals surface area contributed by atoms with Crippen molar-refractivity contribution in [3.8, 4) is 0 Å². The van der Waals surface area contributed by atoms with Gasteiger partial charge in [-0.05, 0) is 30.7 Å². The lowest BCUT2D eigenvalue weighted by atomic mass is 10.2. The molecule has 0 radical (unpaired) electrons. The van der Waals surface area contributed by atoms with Gasteiger partial charge in [-0.2, -0.15) is 0 Å². The Bertz CT molecular complexity index is 722. The summed E-state index contributed by atoms with van der Waals surface area (Å²) in [6.07, 6.45) is 0. The van der Waals surface area contributed by atoms with E-state index in [1.165, 1.54) is 36.9 Å². The summed E-state index contributed by atoms with van der Waals surface area (Å²) < 4.78 is 13.8. The highest BCUT2D eigenvalue weighted by Crippen LogP contribution is 2.23. The fourth-order valence-electron chi connectivity index (χ4n) is 2.01. The third-order valence-corrected chi connectivity index (χ3v) is 4.47. The van der Waals surface area contributed by atoms with E-state index in [-0.39, 0.29) is 22.8 Å². The van der Waals surface area contributed by atoms with Gasteiger partial charge in [0.05, 0.1) is 10.9 Å². The van der Waals surface area contributed by atoms with Crippen LogP contribution in [-0.4, -0.2) is 17.1 Å². The maximum atomic E-state index is 13.8. The van der Waals surface area contributed by atoms with Gasteiger partial charge in [0.15, 0.2) is 0 Å². The molecular weight excluding hydrogens is 327 g/mol. The van der Waals surface area contributed by atoms with Gasteiger partial charge >= 0.3 is 0 Å². The topological polar surface area (TPSA) is 58.2 Å². The van der Waals surface area contributed by atoms with Crippen molar-refractivity contribution < 1.29 is 14.0 Å². The van der Waals surface area contributed by atoms with Gasteiger partial charge in [0.2, 0.25) is 11.8 Å². The first kappa shape index (κ1) is 18.0. The van der Waals surface area contributed by atoms with Crippen LogP contribution in [0.2, 0.25) is 0 Å². The van der Waals surface area contributed by atoms with Crippen LogP contribution >= 0.6 is 11.8 Å². The number of hydrogen-bond donors (Lipinski definition) is 2. The molecule has 0 saturated heterocycles. The summed E-state index contributed by atoms with van der Waals surface area (Å²) >= 11 is 1.47. The van der Waals surface area contributed by atoms with Crippen LogP contribution in [0.15, 0.2) is 48.5 Å². The molecule has 0 aromatic heterocycles. The maximum absolute atomic E-state index is 13.8. The Morgan fingerprint density at radius 2 is 1.83 bits per heavy atom. The molecule has 0 saturated carbocycles. The normalized spacial score (nSPS) is 11.6. The lowest BCUT2D eigenvalue weighted by Crippen LogP contribution is -2.23. The monoisotopic (exact) mass is 346 g/mol. The first-order chi connectivity index (χ1) is 11.5. The molecule has 1 atom stereocenters. The van der Waals surface area contributed by atoms with Crippen molar-refractivity contribution in [3.63, 3.8) is 0 Å². The Morgan fingerprint density at radius 1 is 1.12 bits per heavy atom. The van der Waals surface area contributed by atoms with Crippen LogP contribution in [0.4, 0.5) is 15.8 Å². The van der Waals surface area contributed by atoms with Crippen molar-refractivity contribution in [2.45, 2.75) is 24.9 Å². The molecule has 0 fully saturated rings. The number of carbonyl (C=O) groups is 2. The van der Waals surface area contributed by atoms with E-state index < -0.39 is 5.82 Å². The number of hydrogen-bond acceptors (Lipinski definition) is 3. The highest BCUT2D eigenvalue weighted by Gasteiger charge is 2.16. The molecule has 2 aromatic rings. The molecule has 2 N–H and O–H groups in total. The summed E-state index contributed by atoms with van der Waals surface area (Å²) in [5, 5.41) is 4.79. The third kappa shape index (κ3) is 5.38. The van der Waals surface area contributed by atoms with Crippen LogP contribution in [0.5, 0.6) is 0 Å². The Hall–Kier alpha value is -2.34. The highest BCUT2D eigenvalue weighted by molar-refractivity contribution is 7.99. The zero-order valence-electron chi connectivity index (χ0n) is 13.5. The zero-order chi connectivity index (χ0) is 17.5. The summed E-state index contributed by atoms with van der Waals surface area (Å²) in [5.74, 6) is -0.387. The molecule has 24 heavy (non-hydrogen) atoms. The van der Waals surface area contributed by atoms with Crippen molar-refractivity contribution in [3.05, 3.63) is 59.9 Å². The van der Waals surface area contributed by atoms with E-state index in [4.69, 9.17) is 0 Å². The minimum absolute atomic E-state index is 0.0541. The van der Waals surface area contributed by atoms with Crippen molar-refractivity contribution in [2.75, 3.05) is 10.6 Å². The van der Waals surface area contributed by atoms with E-state index in [9.17, 15) is 14.0 Å².